The number of aromatic nitrogens is 1. The first-order valence-electron chi connectivity index (χ1n) is 7.96. The van der Waals surface area contributed by atoms with Crippen LogP contribution in [0.15, 0.2) is 42.7 Å². The lowest BCUT2D eigenvalue weighted by molar-refractivity contribution is 0.208. The smallest absolute Gasteiger partial charge is 0.321 e. The van der Waals surface area contributed by atoms with Crippen LogP contribution >= 0.6 is 0 Å². The highest BCUT2D eigenvalue weighted by molar-refractivity contribution is 5.90. The van der Waals surface area contributed by atoms with Crippen molar-refractivity contribution in [2.45, 2.75) is 13.8 Å². The van der Waals surface area contributed by atoms with Gasteiger partial charge in [-0.1, -0.05) is 6.07 Å². The second-order valence-corrected chi connectivity index (χ2v) is 5.85. The molecule has 5 nitrogen and oxygen atoms in total. The van der Waals surface area contributed by atoms with Gasteiger partial charge in [-0.15, -0.1) is 0 Å². The molecule has 0 unspecified atom stereocenters. The van der Waals surface area contributed by atoms with Crippen molar-refractivity contribution in [2.24, 2.45) is 0 Å². The Bertz CT molecular complexity index is 634. The van der Waals surface area contributed by atoms with E-state index in [1.807, 2.05) is 69.5 Å². The highest BCUT2D eigenvalue weighted by atomic mass is 16.2. The highest BCUT2D eigenvalue weighted by Gasteiger charge is 2.14. The quantitative estimate of drug-likeness (QED) is 0.889. The van der Waals surface area contributed by atoms with E-state index in [0.717, 1.165) is 23.5 Å². The predicted molar refractivity (Wildman–Crippen MR) is 95.3 cm³/mol. The standard InChI is InChI=1S/C18H26N4O/c1-5-21(14-13-20(3)4)18(23)19-16-9-8-10-17(15(16)2)22-11-6-7-12-22/h6-12H,5,13-14H2,1-4H3,(H,19,23). The minimum Gasteiger partial charge on any atom is -0.324 e. The minimum absolute atomic E-state index is 0.0536. The third kappa shape index (κ3) is 4.36. The molecule has 5 heteroatoms. The fourth-order valence-corrected chi connectivity index (χ4v) is 2.45. The third-order valence-electron chi connectivity index (χ3n) is 3.92. The number of carbonyl (C=O) groups excluding carboxylic acids is 1. The Morgan fingerprint density at radius 2 is 1.83 bits per heavy atom. The van der Waals surface area contributed by atoms with Crippen molar-refractivity contribution in [3.63, 3.8) is 0 Å². The summed E-state index contributed by atoms with van der Waals surface area (Å²) in [4.78, 5) is 16.4. The van der Waals surface area contributed by atoms with Crippen molar-refractivity contribution in [1.29, 1.82) is 0 Å². The lowest BCUT2D eigenvalue weighted by Gasteiger charge is -2.24. The van der Waals surface area contributed by atoms with Crippen LogP contribution in [0.4, 0.5) is 10.5 Å². The summed E-state index contributed by atoms with van der Waals surface area (Å²) < 4.78 is 2.05. The van der Waals surface area contributed by atoms with Crippen LogP contribution in [0.5, 0.6) is 0 Å². The van der Waals surface area contributed by atoms with Crippen LogP contribution in [0.25, 0.3) is 5.69 Å². The fraction of sp³-hybridized carbons (Fsp3) is 0.389. The van der Waals surface area contributed by atoms with Gasteiger partial charge in [-0.3, -0.25) is 0 Å². The van der Waals surface area contributed by atoms with Crippen molar-refractivity contribution < 1.29 is 4.79 Å². The Labute approximate surface area is 138 Å². The van der Waals surface area contributed by atoms with Crippen LogP contribution in [0.2, 0.25) is 0 Å². The van der Waals surface area contributed by atoms with Gasteiger partial charge in [0.05, 0.1) is 0 Å². The number of hydrogen-bond acceptors (Lipinski definition) is 2. The minimum atomic E-state index is -0.0536. The number of carbonyl (C=O) groups is 1. The van der Waals surface area contributed by atoms with Crippen LogP contribution < -0.4 is 5.32 Å². The van der Waals surface area contributed by atoms with Crippen LogP contribution in [-0.2, 0) is 0 Å². The molecule has 1 heterocycles. The van der Waals surface area contributed by atoms with E-state index in [2.05, 4.69) is 20.9 Å². The molecule has 2 rings (SSSR count). The van der Waals surface area contributed by atoms with Crippen molar-refractivity contribution >= 4 is 11.7 Å². The zero-order chi connectivity index (χ0) is 16.8. The molecule has 0 aliphatic rings. The van der Waals surface area contributed by atoms with Crippen molar-refractivity contribution in [1.82, 2.24) is 14.4 Å². The van der Waals surface area contributed by atoms with E-state index in [0.29, 0.717) is 13.1 Å². The monoisotopic (exact) mass is 314 g/mol. The lowest BCUT2D eigenvalue weighted by Crippen LogP contribution is -2.39. The first kappa shape index (κ1) is 17.1. The van der Waals surface area contributed by atoms with Gasteiger partial charge in [-0.2, -0.15) is 0 Å². The van der Waals surface area contributed by atoms with Gasteiger partial charge in [0, 0.05) is 43.4 Å². The molecule has 0 spiro atoms. The number of anilines is 1. The zero-order valence-electron chi connectivity index (χ0n) is 14.4. The first-order chi connectivity index (χ1) is 11.0. The van der Waals surface area contributed by atoms with E-state index in [9.17, 15) is 4.79 Å². The fourth-order valence-electron chi connectivity index (χ4n) is 2.45. The predicted octanol–water partition coefficient (Wildman–Crippen LogP) is 3.20. The number of likely N-dealkylation sites (N-methyl/N-ethyl adjacent to an activating group) is 2. The van der Waals surface area contributed by atoms with E-state index < -0.39 is 0 Å². The van der Waals surface area contributed by atoms with Gasteiger partial charge in [-0.25, -0.2) is 4.79 Å². The first-order valence-corrected chi connectivity index (χ1v) is 7.96. The van der Waals surface area contributed by atoms with Crippen LogP contribution in [0.3, 0.4) is 0 Å². The van der Waals surface area contributed by atoms with Crippen molar-refractivity contribution in [3.05, 3.63) is 48.3 Å². The van der Waals surface area contributed by atoms with Crippen LogP contribution in [0, 0.1) is 6.92 Å². The largest absolute Gasteiger partial charge is 0.324 e. The molecule has 0 radical (unpaired) electrons. The number of nitrogens with zero attached hydrogens (tertiary/aromatic N) is 3. The lowest BCUT2D eigenvalue weighted by atomic mass is 10.1. The summed E-state index contributed by atoms with van der Waals surface area (Å²) in [5, 5.41) is 3.04. The van der Waals surface area contributed by atoms with E-state index in [4.69, 9.17) is 0 Å². The molecule has 0 aliphatic heterocycles. The Hall–Kier alpha value is -2.27. The van der Waals surface area contributed by atoms with Gasteiger partial charge >= 0.3 is 6.03 Å². The number of rotatable bonds is 6. The number of nitrogens with one attached hydrogen (secondary N) is 1. The Kier molecular flexibility index (Phi) is 5.82. The molecule has 124 valence electrons. The summed E-state index contributed by atoms with van der Waals surface area (Å²) in [6.07, 6.45) is 4.01. The van der Waals surface area contributed by atoms with Gasteiger partial charge < -0.3 is 19.7 Å². The number of urea groups is 1. The van der Waals surface area contributed by atoms with Gasteiger partial charge in [0.1, 0.15) is 0 Å². The second kappa shape index (κ2) is 7.83. The zero-order valence-corrected chi connectivity index (χ0v) is 14.4. The average molecular weight is 314 g/mol. The number of amides is 2. The second-order valence-electron chi connectivity index (χ2n) is 5.85. The third-order valence-corrected chi connectivity index (χ3v) is 3.92. The molecule has 2 aromatic rings. The molecule has 0 saturated heterocycles. The molecule has 0 saturated carbocycles. The van der Waals surface area contributed by atoms with E-state index >= 15 is 0 Å². The Morgan fingerprint density at radius 3 is 2.43 bits per heavy atom. The highest BCUT2D eigenvalue weighted by Crippen LogP contribution is 2.22. The van der Waals surface area contributed by atoms with E-state index in [-0.39, 0.29) is 6.03 Å². The maximum absolute atomic E-state index is 12.5. The maximum Gasteiger partial charge on any atom is 0.321 e. The summed E-state index contributed by atoms with van der Waals surface area (Å²) in [6.45, 7) is 6.28. The van der Waals surface area contributed by atoms with Crippen LogP contribution in [0.1, 0.15) is 12.5 Å². The Balaban J connectivity index is 2.13. The van der Waals surface area contributed by atoms with Gasteiger partial charge in [0.2, 0.25) is 0 Å². The molecule has 1 aromatic carbocycles. The van der Waals surface area contributed by atoms with E-state index in [1.165, 1.54) is 0 Å². The van der Waals surface area contributed by atoms with Gasteiger partial charge in [0.25, 0.3) is 0 Å². The maximum atomic E-state index is 12.5. The summed E-state index contributed by atoms with van der Waals surface area (Å²) in [6, 6.07) is 9.89. The Morgan fingerprint density at radius 1 is 1.13 bits per heavy atom. The molecule has 1 aromatic heterocycles. The number of benzene rings is 1. The van der Waals surface area contributed by atoms with Gasteiger partial charge in [-0.05, 0) is 57.8 Å². The molecule has 1 N–H and O–H groups in total. The topological polar surface area (TPSA) is 40.5 Å². The molecular weight excluding hydrogens is 288 g/mol. The van der Waals surface area contributed by atoms with E-state index in [1.54, 1.807) is 0 Å². The molecule has 2 amide bonds. The molecular formula is C18H26N4O. The van der Waals surface area contributed by atoms with Crippen molar-refractivity contribution in [3.8, 4) is 5.69 Å². The summed E-state index contributed by atoms with van der Waals surface area (Å²) in [7, 11) is 4.02. The normalized spacial score (nSPS) is 10.8. The summed E-state index contributed by atoms with van der Waals surface area (Å²) >= 11 is 0. The molecule has 0 aliphatic carbocycles. The molecule has 0 fully saturated rings. The van der Waals surface area contributed by atoms with Crippen LogP contribution in [-0.4, -0.2) is 54.1 Å². The van der Waals surface area contributed by atoms with Gasteiger partial charge in [0.15, 0.2) is 0 Å². The SMILES string of the molecule is CCN(CCN(C)C)C(=O)Nc1cccc(-n2cccc2)c1C. The summed E-state index contributed by atoms with van der Waals surface area (Å²) in [5.41, 5.74) is 2.98. The molecule has 0 atom stereocenters. The summed E-state index contributed by atoms with van der Waals surface area (Å²) in [5.74, 6) is 0. The van der Waals surface area contributed by atoms with Crippen molar-refractivity contribution in [2.75, 3.05) is 39.0 Å². The average Bonchev–Trinajstić information content (AvgIpc) is 3.04. The molecule has 0 bridgehead atoms. The number of hydrogen-bond donors (Lipinski definition) is 1. The molecule has 23 heavy (non-hydrogen) atoms.